The van der Waals surface area contributed by atoms with Crippen LogP contribution in [0.4, 0.5) is 0 Å². The number of fused-ring (bicyclic) bond motifs is 1. The summed E-state index contributed by atoms with van der Waals surface area (Å²) in [5.74, 6) is 0.933. The zero-order valence-corrected chi connectivity index (χ0v) is 13.2. The first-order chi connectivity index (χ1) is 9.68. The Morgan fingerprint density at radius 3 is 2.75 bits per heavy atom. The summed E-state index contributed by atoms with van der Waals surface area (Å²) in [5.41, 5.74) is 9.56. The molecule has 0 saturated carbocycles. The first-order valence-electron chi connectivity index (χ1n) is 6.62. The highest BCUT2D eigenvalue weighted by Gasteiger charge is 2.21. The minimum Gasteiger partial charge on any atom is -0.493 e. The number of hydrogen-bond acceptors (Lipinski definition) is 2. The van der Waals surface area contributed by atoms with Crippen molar-refractivity contribution in [2.24, 2.45) is 5.73 Å². The molecule has 1 unspecified atom stereocenters. The maximum atomic E-state index is 6.42. The molecule has 20 heavy (non-hydrogen) atoms. The van der Waals surface area contributed by atoms with Gasteiger partial charge >= 0.3 is 0 Å². The van der Waals surface area contributed by atoms with Crippen LogP contribution in [-0.4, -0.2) is 6.61 Å². The molecule has 4 heteroatoms. The fraction of sp³-hybridized carbons (Fsp3) is 0.250. The van der Waals surface area contributed by atoms with Crippen molar-refractivity contribution in [3.05, 3.63) is 62.6 Å². The van der Waals surface area contributed by atoms with E-state index in [-0.39, 0.29) is 6.04 Å². The predicted octanol–water partition coefficient (Wildman–Crippen LogP) is 4.48. The van der Waals surface area contributed by atoms with E-state index < -0.39 is 0 Å². The van der Waals surface area contributed by atoms with Crippen LogP contribution in [0.25, 0.3) is 0 Å². The molecule has 104 valence electrons. The Hall–Kier alpha value is -1.03. The van der Waals surface area contributed by atoms with Gasteiger partial charge in [0.05, 0.1) is 17.7 Å². The van der Waals surface area contributed by atoms with E-state index in [1.165, 1.54) is 5.56 Å². The molecular formula is C16H15BrClNO. The number of rotatable bonds is 2. The summed E-state index contributed by atoms with van der Waals surface area (Å²) in [6.07, 6.45) is 2.10. The van der Waals surface area contributed by atoms with Gasteiger partial charge in [-0.05, 0) is 46.0 Å². The molecule has 3 rings (SSSR count). The normalized spacial score (nSPS) is 15.3. The number of benzene rings is 2. The lowest BCUT2D eigenvalue weighted by atomic mass is 9.94. The number of hydrogen-bond donors (Lipinski definition) is 1. The van der Waals surface area contributed by atoms with Gasteiger partial charge in [0.25, 0.3) is 0 Å². The van der Waals surface area contributed by atoms with Gasteiger partial charge in [-0.1, -0.05) is 41.9 Å². The molecular weight excluding hydrogens is 338 g/mol. The lowest BCUT2D eigenvalue weighted by Crippen LogP contribution is -2.17. The van der Waals surface area contributed by atoms with E-state index in [9.17, 15) is 0 Å². The first kappa shape index (κ1) is 13.9. The Morgan fingerprint density at radius 1 is 1.15 bits per heavy atom. The second kappa shape index (κ2) is 5.76. The largest absolute Gasteiger partial charge is 0.493 e. The van der Waals surface area contributed by atoms with E-state index >= 15 is 0 Å². The third-order valence-electron chi connectivity index (χ3n) is 3.62. The lowest BCUT2D eigenvalue weighted by Gasteiger charge is -2.24. The fourth-order valence-corrected chi connectivity index (χ4v) is 3.21. The van der Waals surface area contributed by atoms with Gasteiger partial charge < -0.3 is 10.5 Å². The average molecular weight is 353 g/mol. The Bertz CT molecular complexity index is 644. The summed E-state index contributed by atoms with van der Waals surface area (Å²) < 4.78 is 6.69. The van der Waals surface area contributed by atoms with Crippen LogP contribution in [0.3, 0.4) is 0 Å². The van der Waals surface area contributed by atoms with Gasteiger partial charge in [0.1, 0.15) is 5.75 Å². The van der Waals surface area contributed by atoms with Crippen molar-refractivity contribution < 1.29 is 4.74 Å². The van der Waals surface area contributed by atoms with Gasteiger partial charge in [-0.2, -0.15) is 0 Å². The monoisotopic (exact) mass is 351 g/mol. The summed E-state index contributed by atoms with van der Waals surface area (Å²) in [6, 6.07) is 11.7. The van der Waals surface area contributed by atoms with Crippen molar-refractivity contribution in [2.45, 2.75) is 18.9 Å². The Morgan fingerprint density at radius 2 is 1.90 bits per heavy atom. The minimum atomic E-state index is -0.284. The molecule has 1 aliphatic rings. The molecule has 0 saturated heterocycles. The average Bonchev–Trinajstić information content (AvgIpc) is 2.49. The van der Waals surface area contributed by atoms with E-state index in [0.29, 0.717) is 5.02 Å². The number of para-hydroxylation sites is 1. The first-order valence-corrected chi connectivity index (χ1v) is 7.79. The van der Waals surface area contributed by atoms with Crippen LogP contribution in [0.2, 0.25) is 5.02 Å². The van der Waals surface area contributed by atoms with Crippen molar-refractivity contribution >= 4 is 27.5 Å². The minimum absolute atomic E-state index is 0.284. The molecule has 1 atom stereocenters. The highest BCUT2D eigenvalue weighted by Crippen LogP contribution is 2.38. The summed E-state index contributed by atoms with van der Waals surface area (Å²) in [6.45, 7) is 0.753. The Kier molecular flexibility index (Phi) is 4.01. The smallest absolute Gasteiger partial charge is 0.127 e. The fourth-order valence-electron chi connectivity index (χ4n) is 2.59. The van der Waals surface area contributed by atoms with Crippen LogP contribution in [0, 0.1) is 0 Å². The number of ether oxygens (including phenoxy) is 1. The van der Waals surface area contributed by atoms with Crippen LogP contribution in [0.15, 0.2) is 40.9 Å². The molecule has 2 nitrogen and oxygen atoms in total. The van der Waals surface area contributed by atoms with Crippen LogP contribution < -0.4 is 10.5 Å². The van der Waals surface area contributed by atoms with E-state index in [1.807, 2.05) is 30.3 Å². The van der Waals surface area contributed by atoms with Crippen molar-refractivity contribution in [2.75, 3.05) is 6.61 Å². The van der Waals surface area contributed by atoms with Crippen LogP contribution in [0.1, 0.15) is 29.2 Å². The van der Waals surface area contributed by atoms with Crippen LogP contribution >= 0.6 is 27.5 Å². The molecule has 0 fully saturated rings. The molecule has 2 aromatic carbocycles. The second-order valence-electron chi connectivity index (χ2n) is 4.91. The third-order valence-corrected chi connectivity index (χ3v) is 4.93. The zero-order valence-electron chi connectivity index (χ0n) is 10.9. The molecule has 0 spiro atoms. The molecule has 0 radical (unpaired) electrons. The molecule has 0 bridgehead atoms. The van der Waals surface area contributed by atoms with E-state index in [0.717, 1.165) is 40.8 Å². The van der Waals surface area contributed by atoms with Gasteiger partial charge in [0, 0.05) is 10.0 Å². The maximum Gasteiger partial charge on any atom is 0.127 e. The summed E-state index contributed by atoms with van der Waals surface area (Å²) >= 11 is 9.80. The number of nitrogens with two attached hydrogens (primary N) is 1. The lowest BCUT2D eigenvalue weighted by molar-refractivity contribution is 0.284. The quantitative estimate of drug-likeness (QED) is 0.865. The van der Waals surface area contributed by atoms with E-state index in [2.05, 4.69) is 22.0 Å². The topological polar surface area (TPSA) is 35.2 Å². The molecule has 2 N–H and O–H groups in total. The summed E-state index contributed by atoms with van der Waals surface area (Å²) in [4.78, 5) is 0. The summed E-state index contributed by atoms with van der Waals surface area (Å²) in [5, 5.41) is 0.661. The van der Waals surface area contributed by atoms with E-state index in [1.54, 1.807) is 0 Å². The van der Waals surface area contributed by atoms with Gasteiger partial charge in [-0.15, -0.1) is 0 Å². The second-order valence-corrected chi connectivity index (χ2v) is 6.14. The molecule has 0 aromatic heterocycles. The Labute approximate surface area is 132 Å². The predicted molar refractivity (Wildman–Crippen MR) is 85.4 cm³/mol. The van der Waals surface area contributed by atoms with Gasteiger partial charge in [-0.25, -0.2) is 0 Å². The maximum absolute atomic E-state index is 6.42. The number of aryl methyl sites for hydroxylation is 1. The van der Waals surface area contributed by atoms with E-state index in [4.69, 9.17) is 22.1 Å². The van der Waals surface area contributed by atoms with Crippen LogP contribution in [-0.2, 0) is 6.42 Å². The summed E-state index contributed by atoms with van der Waals surface area (Å²) in [7, 11) is 0. The molecule has 2 aromatic rings. The van der Waals surface area contributed by atoms with Gasteiger partial charge in [0.15, 0.2) is 0 Å². The Balaban J connectivity index is 2.07. The third kappa shape index (κ3) is 2.46. The number of halogens is 2. The van der Waals surface area contributed by atoms with Gasteiger partial charge in [0.2, 0.25) is 0 Å². The molecule has 0 amide bonds. The highest BCUT2D eigenvalue weighted by atomic mass is 79.9. The van der Waals surface area contributed by atoms with Crippen LogP contribution in [0.5, 0.6) is 5.75 Å². The molecule has 1 aliphatic heterocycles. The SMILES string of the molecule is NC(c1cccc(Br)c1Cl)c1cccc2c1OCCC2. The molecule has 1 heterocycles. The zero-order chi connectivity index (χ0) is 14.1. The van der Waals surface area contributed by atoms with Crippen molar-refractivity contribution in [3.63, 3.8) is 0 Å². The van der Waals surface area contributed by atoms with Crippen molar-refractivity contribution in [1.82, 2.24) is 0 Å². The standard InChI is InChI=1S/C16H15BrClNO/c17-13-8-2-6-11(14(13)18)15(19)12-7-1-4-10-5-3-9-20-16(10)12/h1-2,4,6-8,15H,3,5,9,19H2. The highest BCUT2D eigenvalue weighted by molar-refractivity contribution is 9.10. The van der Waals surface area contributed by atoms with Crippen molar-refractivity contribution in [3.8, 4) is 5.75 Å². The van der Waals surface area contributed by atoms with Gasteiger partial charge in [-0.3, -0.25) is 0 Å². The van der Waals surface area contributed by atoms with Crippen molar-refractivity contribution in [1.29, 1.82) is 0 Å². The molecule has 0 aliphatic carbocycles.